The van der Waals surface area contributed by atoms with E-state index in [4.69, 9.17) is 4.42 Å². The number of non-ortho nitro benzene ring substituents is 1. The van der Waals surface area contributed by atoms with E-state index in [9.17, 15) is 14.9 Å². The van der Waals surface area contributed by atoms with Gasteiger partial charge in [-0.3, -0.25) is 14.9 Å². The molecule has 0 saturated carbocycles. The standard InChI is InChI=1S/C12H8IN3O4/c13-11-5-4-10(20-11)7-14-15-12(17)8-2-1-3-9(6-8)16(18)19/h1-7H,(H,15,17)/b14-7-. The Kier molecular flexibility index (Phi) is 4.45. The Morgan fingerprint density at radius 2 is 2.20 bits per heavy atom. The van der Waals surface area contributed by atoms with Crippen LogP contribution in [0.15, 0.2) is 45.9 Å². The summed E-state index contributed by atoms with van der Waals surface area (Å²) in [6, 6.07) is 8.85. The van der Waals surface area contributed by atoms with Crippen molar-refractivity contribution in [2.45, 2.75) is 0 Å². The van der Waals surface area contributed by atoms with Gasteiger partial charge < -0.3 is 4.42 Å². The lowest BCUT2D eigenvalue weighted by Gasteiger charge is -1.99. The van der Waals surface area contributed by atoms with Crippen LogP contribution in [0.3, 0.4) is 0 Å². The molecule has 0 unspecified atom stereocenters. The number of amides is 1. The highest BCUT2D eigenvalue weighted by atomic mass is 127. The van der Waals surface area contributed by atoms with E-state index in [0.717, 1.165) is 0 Å². The summed E-state index contributed by atoms with van der Waals surface area (Å²) in [6.07, 6.45) is 1.34. The Labute approximate surface area is 127 Å². The second-order valence-corrected chi connectivity index (χ2v) is 4.71. The van der Waals surface area contributed by atoms with Gasteiger partial charge in [0, 0.05) is 17.7 Å². The summed E-state index contributed by atoms with van der Waals surface area (Å²) in [5.41, 5.74) is 2.28. The van der Waals surface area contributed by atoms with Crippen molar-refractivity contribution in [3.05, 3.63) is 61.6 Å². The molecule has 0 aliphatic rings. The van der Waals surface area contributed by atoms with Crippen molar-refractivity contribution >= 4 is 40.4 Å². The van der Waals surface area contributed by atoms with Crippen LogP contribution in [0.1, 0.15) is 16.1 Å². The van der Waals surface area contributed by atoms with Crippen LogP contribution in [0, 0.1) is 13.9 Å². The molecule has 1 N–H and O–H groups in total. The minimum absolute atomic E-state index is 0.151. The van der Waals surface area contributed by atoms with Gasteiger partial charge in [-0.1, -0.05) is 6.07 Å². The van der Waals surface area contributed by atoms with E-state index in [0.29, 0.717) is 9.53 Å². The van der Waals surface area contributed by atoms with Gasteiger partial charge in [-0.15, -0.1) is 0 Å². The molecule has 0 spiro atoms. The fourth-order valence-electron chi connectivity index (χ4n) is 1.38. The number of furan rings is 1. The molecule has 1 amide bonds. The molecule has 0 bridgehead atoms. The number of benzene rings is 1. The molecule has 1 heterocycles. The van der Waals surface area contributed by atoms with Gasteiger partial charge in [0.05, 0.1) is 11.1 Å². The molecule has 0 saturated heterocycles. The lowest BCUT2D eigenvalue weighted by molar-refractivity contribution is -0.384. The fraction of sp³-hybridized carbons (Fsp3) is 0. The van der Waals surface area contributed by atoms with E-state index < -0.39 is 10.8 Å². The summed E-state index contributed by atoms with van der Waals surface area (Å²) in [4.78, 5) is 21.8. The summed E-state index contributed by atoms with van der Waals surface area (Å²) in [7, 11) is 0. The van der Waals surface area contributed by atoms with Crippen molar-refractivity contribution in [2.24, 2.45) is 5.10 Å². The van der Waals surface area contributed by atoms with Crippen LogP contribution in [0.5, 0.6) is 0 Å². The normalized spacial score (nSPS) is 10.7. The van der Waals surface area contributed by atoms with Crippen LogP contribution in [-0.2, 0) is 0 Å². The Morgan fingerprint density at radius 3 is 2.85 bits per heavy atom. The van der Waals surface area contributed by atoms with Crippen LogP contribution in [0.2, 0.25) is 0 Å². The number of hydrazone groups is 1. The third kappa shape index (κ3) is 3.63. The number of rotatable bonds is 4. The first-order chi connectivity index (χ1) is 9.56. The predicted octanol–water partition coefficient (Wildman–Crippen LogP) is 2.56. The van der Waals surface area contributed by atoms with Gasteiger partial charge in [0.25, 0.3) is 11.6 Å². The molecule has 0 aliphatic heterocycles. The molecule has 0 atom stereocenters. The van der Waals surface area contributed by atoms with E-state index in [1.165, 1.54) is 30.5 Å². The molecule has 0 aliphatic carbocycles. The van der Waals surface area contributed by atoms with E-state index in [1.807, 2.05) is 22.6 Å². The number of nitro groups is 1. The molecule has 0 radical (unpaired) electrons. The first-order valence-corrected chi connectivity index (χ1v) is 6.47. The van der Waals surface area contributed by atoms with Gasteiger partial charge >= 0.3 is 0 Å². The molecule has 2 aromatic rings. The highest BCUT2D eigenvalue weighted by molar-refractivity contribution is 14.1. The number of hydrogen-bond acceptors (Lipinski definition) is 5. The predicted molar refractivity (Wildman–Crippen MR) is 79.6 cm³/mol. The van der Waals surface area contributed by atoms with Gasteiger partial charge in [0.1, 0.15) is 5.76 Å². The van der Waals surface area contributed by atoms with Crippen molar-refractivity contribution in [3.8, 4) is 0 Å². The largest absolute Gasteiger partial charge is 0.449 e. The minimum Gasteiger partial charge on any atom is -0.449 e. The van der Waals surface area contributed by atoms with Gasteiger partial charge in [-0.25, -0.2) is 5.43 Å². The second kappa shape index (κ2) is 6.28. The van der Waals surface area contributed by atoms with Crippen LogP contribution in [-0.4, -0.2) is 17.0 Å². The molecular formula is C12H8IN3O4. The number of nitrogens with zero attached hydrogens (tertiary/aromatic N) is 2. The van der Waals surface area contributed by atoms with Gasteiger partial charge in [-0.2, -0.15) is 5.10 Å². The van der Waals surface area contributed by atoms with Crippen LogP contribution in [0.25, 0.3) is 0 Å². The Bertz CT molecular complexity index is 681. The smallest absolute Gasteiger partial charge is 0.271 e. The van der Waals surface area contributed by atoms with Crippen molar-refractivity contribution in [2.75, 3.05) is 0 Å². The van der Waals surface area contributed by atoms with E-state index in [1.54, 1.807) is 12.1 Å². The van der Waals surface area contributed by atoms with Gasteiger partial charge in [0.2, 0.25) is 0 Å². The summed E-state index contributed by atoms with van der Waals surface area (Å²) in [5.74, 6) is -0.0417. The number of carbonyl (C=O) groups excluding carboxylic acids is 1. The lowest BCUT2D eigenvalue weighted by Crippen LogP contribution is -2.17. The number of hydrogen-bond donors (Lipinski definition) is 1. The molecule has 8 heteroatoms. The summed E-state index contributed by atoms with van der Waals surface area (Å²) in [6.45, 7) is 0. The Hall–Kier alpha value is -2.23. The van der Waals surface area contributed by atoms with E-state index in [2.05, 4.69) is 10.5 Å². The maximum absolute atomic E-state index is 11.7. The molecule has 1 aromatic carbocycles. The number of nitro benzene ring substituents is 1. The first-order valence-electron chi connectivity index (χ1n) is 5.39. The van der Waals surface area contributed by atoms with Crippen molar-refractivity contribution in [1.29, 1.82) is 0 Å². The average molecular weight is 385 g/mol. The molecule has 20 heavy (non-hydrogen) atoms. The second-order valence-electron chi connectivity index (χ2n) is 3.65. The summed E-state index contributed by atoms with van der Waals surface area (Å²) >= 11 is 2.01. The number of halogens is 1. The van der Waals surface area contributed by atoms with Crippen molar-refractivity contribution in [1.82, 2.24) is 5.43 Å². The molecule has 7 nitrogen and oxygen atoms in total. The minimum atomic E-state index is -0.565. The zero-order valence-corrected chi connectivity index (χ0v) is 12.1. The molecule has 102 valence electrons. The maximum Gasteiger partial charge on any atom is 0.271 e. The number of nitrogens with one attached hydrogen (secondary N) is 1. The molecule has 2 rings (SSSR count). The van der Waals surface area contributed by atoms with Crippen molar-refractivity contribution in [3.63, 3.8) is 0 Å². The SMILES string of the molecule is O=C(N/N=C\c1ccc(I)o1)c1cccc([N+](=O)[O-])c1. The highest BCUT2D eigenvalue weighted by Crippen LogP contribution is 2.13. The van der Waals surface area contributed by atoms with Crippen molar-refractivity contribution < 1.29 is 14.1 Å². The van der Waals surface area contributed by atoms with Crippen LogP contribution in [0.4, 0.5) is 5.69 Å². The Morgan fingerprint density at radius 1 is 1.40 bits per heavy atom. The van der Waals surface area contributed by atoms with Crippen LogP contribution >= 0.6 is 22.6 Å². The molecule has 1 aromatic heterocycles. The fourth-order valence-corrected chi connectivity index (χ4v) is 1.81. The van der Waals surface area contributed by atoms with E-state index in [-0.39, 0.29) is 11.3 Å². The maximum atomic E-state index is 11.7. The highest BCUT2D eigenvalue weighted by Gasteiger charge is 2.10. The quantitative estimate of drug-likeness (QED) is 0.379. The topological polar surface area (TPSA) is 97.7 Å². The summed E-state index contributed by atoms with van der Waals surface area (Å²) < 4.78 is 5.92. The third-order valence-corrected chi connectivity index (χ3v) is 2.85. The van der Waals surface area contributed by atoms with Crippen LogP contribution < -0.4 is 5.43 Å². The average Bonchev–Trinajstić information content (AvgIpc) is 2.84. The van der Waals surface area contributed by atoms with E-state index >= 15 is 0 Å². The molecule has 0 fully saturated rings. The molecular weight excluding hydrogens is 377 g/mol. The van der Waals surface area contributed by atoms with Gasteiger partial charge in [-0.05, 0) is 40.8 Å². The number of carbonyl (C=O) groups is 1. The lowest BCUT2D eigenvalue weighted by atomic mass is 10.2. The third-order valence-electron chi connectivity index (χ3n) is 2.27. The first kappa shape index (κ1) is 14.2. The zero-order chi connectivity index (χ0) is 14.5. The Balaban J connectivity index is 2.03. The zero-order valence-electron chi connectivity index (χ0n) is 9.95. The van der Waals surface area contributed by atoms with Gasteiger partial charge in [0.15, 0.2) is 3.77 Å². The monoisotopic (exact) mass is 385 g/mol. The summed E-state index contributed by atoms with van der Waals surface area (Å²) in [5, 5.41) is 14.3.